The molecule has 1 aromatic heterocycles. The lowest BCUT2D eigenvalue weighted by Crippen LogP contribution is -2.32. The number of amides is 1. The lowest BCUT2D eigenvalue weighted by atomic mass is 9.92. The standard InChI is InChI=1S/C15H19ClN2O2/c16-13-4-1-3-12(17-13)11-18-9-8-15(6-2-10-20-15)7-5-14(18)19/h1,3-4H,2,5-11H2/t15-/m1/s1. The lowest BCUT2D eigenvalue weighted by Gasteiger charge is -2.26. The molecule has 0 bridgehead atoms. The molecule has 108 valence electrons. The molecule has 3 heterocycles. The van der Waals surface area contributed by atoms with E-state index in [9.17, 15) is 4.79 Å². The summed E-state index contributed by atoms with van der Waals surface area (Å²) in [6, 6.07) is 5.52. The van der Waals surface area contributed by atoms with E-state index in [4.69, 9.17) is 16.3 Å². The number of hydrogen-bond donors (Lipinski definition) is 0. The molecule has 1 spiro atoms. The molecule has 2 aliphatic heterocycles. The van der Waals surface area contributed by atoms with Crippen molar-refractivity contribution in [1.29, 1.82) is 0 Å². The molecule has 0 unspecified atom stereocenters. The Hall–Kier alpha value is -1.13. The van der Waals surface area contributed by atoms with Gasteiger partial charge in [0.25, 0.3) is 0 Å². The molecule has 0 saturated carbocycles. The minimum absolute atomic E-state index is 0.0494. The first-order valence-electron chi connectivity index (χ1n) is 7.20. The van der Waals surface area contributed by atoms with E-state index in [-0.39, 0.29) is 11.5 Å². The molecule has 5 heteroatoms. The summed E-state index contributed by atoms with van der Waals surface area (Å²) in [5.74, 6) is 0.194. The van der Waals surface area contributed by atoms with Crippen molar-refractivity contribution in [2.75, 3.05) is 13.2 Å². The molecule has 4 nitrogen and oxygen atoms in total. The van der Waals surface area contributed by atoms with E-state index in [0.717, 1.165) is 44.5 Å². The minimum Gasteiger partial charge on any atom is -0.375 e. The second kappa shape index (κ2) is 5.70. The highest BCUT2D eigenvalue weighted by molar-refractivity contribution is 6.29. The second-order valence-electron chi connectivity index (χ2n) is 5.65. The predicted octanol–water partition coefficient (Wildman–Crippen LogP) is 2.80. The summed E-state index contributed by atoms with van der Waals surface area (Å²) in [6.45, 7) is 2.12. The maximum Gasteiger partial charge on any atom is 0.223 e. The van der Waals surface area contributed by atoms with Gasteiger partial charge < -0.3 is 9.64 Å². The predicted molar refractivity (Wildman–Crippen MR) is 76.4 cm³/mol. The van der Waals surface area contributed by atoms with Crippen molar-refractivity contribution in [3.8, 4) is 0 Å². The van der Waals surface area contributed by atoms with Crippen molar-refractivity contribution in [2.24, 2.45) is 0 Å². The molecule has 0 aromatic carbocycles. The summed E-state index contributed by atoms with van der Waals surface area (Å²) in [4.78, 5) is 18.4. The zero-order valence-electron chi connectivity index (χ0n) is 11.5. The van der Waals surface area contributed by atoms with E-state index in [1.54, 1.807) is 6.07 Å². The number of aromatic nitrogens is 1. The van der Waals surface area contributed by atoms with Gasteiger partial charge in [-0.05, 0) is 37.8 Å². The first kappa shape index (κ1) is 13.8. The summed E-state index contributed by atoms with van der Waals surface area (Å²) in [6.07, 6.45) is 4.55. The van der Waals surface area contributed by atoms with Crippen LogP contribution in [0.1, 0.15) is 37.8 Å². The number of hydrogen-bond acceptors (Lipinski definition) is 3. The molecule has 0 aliphatic carbocycles. The van der Waals surface area contributed by atoms with Crippen LogP contribution in [0.5, 0.6) is 0 Å². The Morgan fingerprint density at radius 2 is 2.25 bits per heavy atom. The number of pyridine rings is 1. The van der Waals surface area contributed by atoms with Crippen molar-refractivity contribution in [3.05, 3.63) is 29.0 Å². The van der Waals surface area contributed by atoms with E-state index in [1.807, 2.05) is 17.0 Å². The number of carbonyl (C=O) groups is 1. The summed E-state index contributed by atoms with van der Waals surface area (Å²) in [7, 11) is 0. The second-order valence-corrected chi connectivity index (χ2v) is 6.04. The largest absolute Gasteiger partial charge is 0.375 e. The van der Waals surface area contributed by atoms with Gasteiger partial charge in [-0.2, -0.15) is 0 Å². The summed E-state index contributed by atoms with van der Waals surface area (Å²) in [5, 5.41) is 0.473. The quantitative estimate of drug-likeness (QED) is 0.788. The number of likely N-dealkylation sites (tertiary alicyclic amines) is 1. The van der Waals surface area contributed by atoms with Gasteiger partial charge in [-0.15, -0.1) is 0 Å². The minimum atomic E-state index is -0.0494. The Kier molecular flexibility index (Phi) is 3.94. The molecule has 2 saturated heterocycles. The Labute approximate surface area is 124 Å². The summed E-state index contributed by atoms with van der Waals surface area (Å²) < 4.78 is 5.91. The zero-order valence-corrected chi connectivity index (χ0v) is 12.2. The van der Waals surface area contributed by atoms with Gasteiger partial charge in [0.1, 0.15) is 5.15 Å². The smallest absolute Gasteiger partial charge is 0.223 e. The van der Waals surface area contributed by atoms with Crippen molar-refractivity contribution < 1.29 is 9.53 Å². The first-order valence-corrected chi connectivity index (χ1v) is 7.58. The Balaban J connectivity index is 1.69. The van der Waals surface area contributed by atoms with Gasteiger partial charge in [0.2, 0.25) is 5.91 Å². The van der Waals surface area contributed by atoms with Crippen LogP contribution in [0.2, 0.25) is 5.15 Å². The highest BCUT2D eigenvalue weighted by Gasteiger charge is 2.38. The molecule has 2 fully saturated rings. The van der Waals surface area contributed by atoms with Gasteiger partial charge in [0.05, 0.1) is 17.8 Å². The Morgan fingerprint density at radius 3 is 3.00 bits per heavy atom. The monoisotopic (exact) mass is 294 g/mol. The van der Waals surface area contributed by atoms with Gasteiger partial charge in [-0.25, -0.2) is 4.98 Å². The van der Waals surface area contributed by atoms with Crippen LogP contribution in [-0.2, 0) is 16.1 Å². The molecular formula is C15H19ClN2O2. The topological polar surface area (TPSA) is 42.4 Å². The third kappa shape index (κ3) is 2.96. The maximum atomic E-state index is 12.3. The number of ether oxygens (including phenoxy) is 1. The fraction of sp³-hybridized carbons (Fsp3) is 0.600. The number of nitrogens with zero attached hydrogens (tertiary/aromatic N) is 2. The van der Waals surface area contributed by atoms with E-state index in [1.165, 1.54) is 0 Å². The molecule has 1 amide bonds. The number of halogens is 1. The summed E-state index contributed by atoms with van der Waals surface area (Å²) >= 11 is 5.90. The van der Waals surface area contributed by atoms with Crippen LogP contribution in [0.4, 0.5) is 0 Å². The normalized spacial score (nSPS) is 27.1. The van der Waals surface area contributed by atoms with Crippen molar-refractivity contribution in [3.63, 3.8) is 0 Å². The fourth-order valence-corrected chi connectivity index (χ4v) is 3.31. The van der Waals surface area contributed by atoms with Crippen molar-refractivity contribution >= 4 is 17.5 Å². The molecule has 1 aromatic rings. The van der Waals surface area contributed by atoms with Gasteiger partial charge in [0, 0.05) is 19.6 Å². The number of carbonyl (C=O) groups excluding carboxylic acids is 1. The van der Waals surface area contributed by atoms with Crippen LogP contribution in [0.15, 0.2) is 18.2 Å². The molecule has 1 atom stereocenters. The van der Waals surface area contributed by atoms with Crippen LogP contribution < -0.4 is 0 Å². The van der Waals surface area contributed by atoms with E-state index >= 15 is 0 Å². The van der Waals surface area contributed by atoms with Crippen LogP contribution in [0.25, 0.3) is 0 Å². The molecule has 2 aliphatic rings. The average molecular weight is 295 g/mol. The molecule has 0 radical (unpaired) electrons. The van der Waals surface area contributed by atoms with Crippen molar-refractivity contribution in [1.82, 2.24) is 9.88 Å². The molecule has 3 rings (SSSR count). The van der Waals surface area contributed by atoms with Crippen LogP contribution in [0.3, 0.4) is 0 Å². The Bertz CT molecular complexity index is 500. The fourth-order valence-electron chi connectivity index (χ4n) is 3.13. The van der Waals surface area contributed by atoms with Crippen LogP contribution in [0, 0.1) is 0 Å². The van der Waals surface area contributed by atoms with Crippen LogP contribution in [-0.4, -0.2) is 34.5 Å². The van der Waals surface area contributed by atoms with Crippen molar-refractivity contribution in [2.45, 2.75) is 44.2 Å². The first-order chi connectivity index (χ1) is 9.67. The van der Waals surface area contributed by atoms with E-state index in [2.05, 4.69) is 4.98 Å². The Morgan fingerprint density at radius 1 is 1.35 bits per heavy atom. The lowest BCUT2D eigenvalue weighted by molar-refractivity contribution is -0.131. The maximum absolute atomic E-state index is 12.3. The van der Waals surface area contributed by atoms with Gasteiger partial charge in [-0.1, -0.05) is 17.7 Å². The summed E-state index contributed by atoms with van der Waals surface area (Å²) in [5.41, 5.74) is 0.792. The zero-order chi connectivity index (χ0) is 14.0. The third-order valence-electron chi connectivity index (χ3n) is 4.30. The SMILES string of the molecule is O=C1CC[C@]2(CCCO2)CCN1Cc1cccc(Cl)n1. The van der Waals surface area contributed by atoms with Gasteiger partial charge in [0.15, 0.2) is 0 Å². The van der Waals surface area contributed by atoms with Gasteiger partial charge >= 0.3 is 0 Å². The molecular weight excluding hydrogens is 276 g/mol. The number of rotatable bonds is 2. The molecule has 0 N–H and O–H groups in total. The average Bonchev–Trinajstić information content (AvgIpc) is 2.84. The third-order valence-corrected chi connectivity index (χ3v) is 4.51. The highest BCUT2D eigenvalue weighted by Crippen LogP contribution is 2.36. The van der Waals surface area contributed by atoms with Gasteiger partial charge in [-0.3, -0.25) is 4.79 Å². The highest BCUT2D eigenvalue weighted by atomic mass is 35.5. The van der Waals surface area contributed by atoms with E-state index < -0.39 is 0 Å². The van der Waals surface area contributed by atoms with E-state index in [0.29, 0.717) is 18.1 Å². The van der Waals surface area contributed by atoms with Crippen LogP contribution >= 0.6 is 11.6 Å². The molecule has 20 heavy (non-hydrogen) atoms.